The van der Waals surface area contributed by atoms with Crippen molar-refractivity contribution in [2.75, 3.05) is 0 Å². The van der Waals surface area contributed by atoms with Crippen molar-refractivity contribution in [3.8, 4) is 0 Å². The first-order valence-corrected chi connectivity index (χ1v) is 4.48. The van der Waals surface area contributed by atoms with Gasteiger partial charge in [0.1, 0.15) is 0 Å². The number of hydrogen-bond donors (Lipinski definition) is 1. The highest BCUT2D eigenvalue weighted by molar-refractivity contribution is 5.40. The van der Waals surface area contributed by atoms with Gasteiger partial charge >= 0.3 is 0 Å². The zero-order valence-electron chi connectivity index (χ0n) is 6.77. The number of pyridine rings is 1. The number of aliphatic hydroxyl groups excluding tert-OH is 1. The number of aliphatic hydroxyl groups is 1. The van der Waals surface area contributed by atoms with Crippen molar-refractivity contribution in [2.24, 2.45) is 0 Å². The molecule has 0 amide bonds. The quantitative estimate of drug-likeness (QED) is 0.624. The fourth-order valence-electron chi connectivity index (χ4n) is 2.70. The van der Waals surface area contributed by atoms with Gasteiger partial charge in [0, 0.05) is 18.3 Å². The highest BCUT2D eigenvalue weighted by Gasteiger charge is 2.42. The molecule has 2 nitrogen and oxygen atoms in total. The van der Waals surface area contributed by atoms with Crippen LogP contribution >= 0.6 is 0 Å². The molecule has 1 heterocycles. The van der Waals surface area contributed by atoms with Crippen LogP contribution in [0.15, 0.2) is 18.5 Å². The first-order chi connectivity index (χ1) is 5.86. The number of aromatic nitrogens is 1. The molecule has 1 N–H and O–H groups in total. The average Bonchev–Trinajstić information content (AvgIpc) is 2.62. The molecule has 0 unspecified atom stereocenters. The molecule has 1 fully saturated rings. The first-order valence-electron chi connectivity index (χ1n) is 4.48. The minimum absolute atomic E-state index is 0.105. The Morgan fingerprint density at radius 3 is 3.17 bits per heavy atom. The van der Waals surface area contributed by atoms with Gasteiger partial charge in [0.15, 0.2) is 0 Å². The molecule has 0 spiro atoms. The molecular weight excluding hydrogens is 150 g/mol. The monoisotopic (exact) mass is 161 g/mol. The largest absolute Gasteiger partial charge is 0.392 e. The molecule has 2 heteroatoms. The second kappa shape index (κ2) is 2.07. The highest BCUT2D eigenvalue weighted by atomic mass is 16.3. The van der Waals surface area contributed by atoms with Crippen LogP contribution in [0.25, 0.3) is 0 Å². The SMILES string of the molecule is O[C@@H]1C[C@@H]2C[C@H]1c1cnccc12. The molecule has 2 aliphatic carbocycles. The van der Waals surface area contributed by atoms with Crippen LogP contribution in [-0.2, 0) is 0 Å². The number of nitrogens with zero attached hydrogens (tertiary/aromatic N) is 1. The standard InChI is InChI=1S/C10H11NO/c12-10-4-6-3-8(10)9-5-11-2-1-7(6)9/h1-2,5-6,8,10,12H,3-4H2/t6-,8-,10+/m0/s1. The van der Waals surface area contributed by atoms with Gasteiger partial charge in [0.05, 0.1) is 6.10 Å². The summed E-state index contributed by atoms with van der Waals surface area (Å²) >= 11 is 0. The van der Waals surface area contributed by atoms with E-state index in [1.165, 1.54) is 11.1 Å². The van der Waals surface area contributed by atoms with E-state index in [1.54, 1.807) is 0 Å². The third kappa shape index (κ3) is 0.661. The zero-order chi connectivity index (χ0) is 8.13. The van der Waals surface area contributed by atoms with E-state index < -0.39 is 0 Å². The Hall–Kier alpha value is -0.890. The fraction of sp³-hybridized carbons (Fsp3) is 0.500. The van der Waals surface area contributed by atoms with Gasteiger partial charge in [0.25, 0.3) is 0 Å². The molecule has 0 aromatic carbocycles. The molecule has 2 bridgehead atoms. The lowest BCUT2D eigenvalue weighted by Crippen LogP contribution is -2.15. The summed E-state index contributed by atoms with van der Waals surface area (Å²) in [5, 5.41) is 9.64. The molecule has 0 saturated heterocycles. The normalized spacial score (nSPS) is 36.9. The lowest BCUT2D eigenvalue weighted by atomic mass is 9.92. The predicted octanol–water partition coefficient (Wildman–Crippen LogP) is 1.42. The number of fused-ring (bicyclic) bond motifs is 5. The third-order valence-corrected chi connectivity index (χ3v) is 3.26. The van der Waals surface area contributed by atoms with Crippen molar-refractivity contribution < 1.29 is 5.11 Å². The number of hydrogen-bond acceptors (Lipinski definition) is 2. The molecule has 62 valence electrons. The Labute approximate surface area is 71.3 Å². The molecule has 2 aliphatic rings. The van der Waals surface area contributed by atoms with Gasteiger partial charge in [-0.15, -0.1) is 0 Å². The van der Waals surface area contributed by atoms with Crippen LogP contribution in [0.1, 0.15) is 35.8 Å². The van der Waals surface area contributed by atoms with Crippen molar-refractivity contribution in [3.05, 3.63) is 29.6 Å². The van der Waals surface area contributed by atoms with Crippen molar-refractivity contribution >= 4 is 0 Å². The van der Waals surface area contributed by atoms with Crippen LogP contribution in [0.5, 0.6) is 0 Å². The van der Waals surface area contributed by atoms with Gasteiger partial charge in [-0.05, 0) is 36.0 Å². The Morgan fingerprint density at radius 1 is 1.33 bits per heavy atom. The van der Waals surface area contributed by atoms with Crippen molar-refractivity contribution in [1.82, 2.24) is 4.98 Å². The second-order valence-corrected chi connectivity index (χ2v) is 3.85. The second-order valence-electron chi connectivity index (χ2n) is 3.85. The van der Waals surface area contributed by atoms with Gasteiger partial charge in [-0.25, -0.2) is 0 Å². The molecule has 0 aliphatic heterocycles. The molecule has 12 heavy (non-hydrogen) atoms. The maximum Gasteiger partial charge on any atom is 0.0615 e. The van der Waals surface area contributed by atoms with E-state index in [4.69, 9.17) is 0 Å². The Kier molecular flexibility index (Phi) is 1.14. The summed E-state index contributed by atoms with van der Waals surface area (Å²) in [6, 6.07) is 2.10. The molecule has 3 rings (SSSR count). The molecule has 1 aromatic heterocycles. The van der Waals surface area contributed by atoms with E-state index >= 15 is 0 Å². The summed E-state index contributed by atoms with van der Waals surface area (Å²) in [6.45, 7) is 0. The van der Waals surface area contributed by atoms with E-state index in [0.717, 1.165) is 12.8 Å². The van der Waals surface area contributed by atoms with E-state index in [-0.39, 0.29) is 6.10 Å². The fourth-order valence-corrected chi connectivity index (χ4v) is 2.70. The summed E-state index contributed by atoms with van der Waals surface area (Å²) < 4.78 is 0. The van der Waals surface area contributed by atoms with Crippen LogP contribution < -0.4 is 0 Å². The van der Waals surface area contributed by atoms with Crippen molar-refractivity contribution in [2.45, 2.75) is 30.8 Å². The van der Waals surface area contributed by atoms with Crippen LogP contribution in [0.3, 0.4) is 0 Å². The maximum absolute atomic E-state index is 9.64. The van der Waals surface area contributed by atoms with E-state index in [2.05, 4.69) is 11.1 Å². The Bertz CT molecular complexity index is 323. The van der Waals surface area contributed by atoms with Gasteiger partial charge in [-0.2, -0.15) is 0 Å². The van der Waals surface area contributed by atoms with Crippen molar-refractivity contribution in [3.63, 3.8) is 0 Å². The topological polar surface area (TPSA) is 33.1 Å². The summed E-state index contributed by atoms with van der Waals surface area (Å²) in [4.78, 5) is 4.10. The Balaban J connectivity index is 2.17. The molecule has 1 aromatic rings. The minimum Gasteiger partial charge on any atom is -0.392 e. The third-order valence-electron chi connectivity index (χ3n) is 3.26. The molecule has 1 saturated carbocycles. The maximum atomic E-state index is 9.64. The summed E-state index contributed by atoms with van der Waals surface area (Å²) in [7, 11) is 0. The van der Waals surface area contributed by atoms with Gasteiger partial charge in [-0.3, -0.25) is 4.98 Å². The average molecular weight is 161 g/mol. The van der Waals surface area contributed by atoms with Gasteiger partial charge in [-0.1, -0.05) is 0 Å². The summed E-state index contributed by atoms with van der Waals surface area (Å²) in [5.41, 5.74) is 2.72. The van der Waals surface area contributed by atoms with Crippen LogP contribution in [0.2, 0.25) is 0 Å². The first kappa shape index (κ1) is 6.61. The minimum atomic E-state index is -0.105. The predicted molar refractivity (Wildman–Crippen MR) is 45.0 cm³/mol. The van der Waals surface area contributed by atoms with Crippen molar-refractivity contribution in [1.29, 1.82) is 0 Å². The van der Waals surface area contributed by atoms with E-state index in [1.807, 2.05) is 12.4 Å². The lowest BCUT2D eigenvalue weighted by Gasteiger charge is -2.18. The van der Waals surface area contributed by atoms with Crippen LogP contribution in [0, 0.1) is 0 Å². The summed E-state index contributed by atoms with van der Waals surface area (Å²) in [5.74, 6) is 1.00. The van der Waals surface area contributed by atoms with E-state index in [9.17, 15) is 5.11 Å². The van der Waals surface area contributed by atoms with Gasteiger partial charge < -0.3 is 5.11 Å². The lowest BCUT2D eigenvalue weighted by molar-refractivity contribution is 0.158. The molecule has 3 atom stereocenters. The van der Waals surface area contributed by atoms with Crippen LogP contribution in [0.4, 0.5) is 0 Å². The number of rotatable bonds is 0. The zero-order valence-corrected chi connectivity index (χ0v) is 6.77. The van der Waals surface area contributed by atoms with E-state index in [0.29, 0.717) is 11.8 Å². The van der Waals surface area contributed by atoms with Crippen LogP contribution in [-0.4, -0.2) is 16.2 Å². The molecule has 0 radical (unpaired) electrons. The smallest absolute Gasteiger partial charge is 0.0615 e. The van der Waals surface area contributed by atoms with Gasteiger partial charge in [0.2, 0.25) is 0 Å². The molecular formula is C10H11NO. The highest BCUT2D eigenvalue weighted by Crippen LogP contribution is 2.52. The Morgan fingerprint density at radius 2 is 2.25 bits per heavy atom. The summed E-state index contributed by atoms with van der Waals surface area (Å²) in [6.07, 6.45) is 5.77.